The molecule has 148 valence electrons. The first kappa shape index (κ1) is 18.7. The molecule has 0 unspecified atom stereocenters. The molecule has 1 aromatic heterocycles. The van der Waals surface area contributed by atoms with Crippen LogP contribution < -0.4 is 14.8 Å². The Labute approximate surface area is 165 Å². The maximum Gasteiger partial charge on any atom is 0.241 e. The number of nitrogens with zero attached hydrogens (tertiary/aromatic N) is 1. The number of benzene rings is 1. The maximum absolute atomic E-state index is 13.4. The summed E-state index contributed by atoms with van der Waals surface area (Å²) in [5.41, 5.74) is 2.06. The lowest BCUT2D eigenvalue weighted by molar-refractivity contribution is -0.139. The zero-order valence-corrected chi connectivity index (χ0v) is 16.5. The number of methoxy groups -OCH3 is 1. The van der Waals surface area contributed by atoms with Gasteiger partial charge in [0.2, 0.25) is 17.7 Å². The van der Waals surface area contributed by atoms with Gasteiger partial charge in [-0.15, -0.1) is 0 Å². The molecule has 0 spiro atoms. The van der Waals surface area contributed by atoms with Crippen molar-refractivity contribution in [3.63, 3.8) is 0 Å². The van der Waals surface area contributed by atoms with Gasteiger partial charge in [-0.05, 0) is 36.0 Å². The van der Waals surface area contributed by atoms with E-state index >= 15 is 0 Å². The molecular formula is C22H26N2O4. The molecule has 1 amide bonds. The average Bonchev–Trinajstić information content (AvgIpc) is 3.46. The van der Waals surface area contributed by atoms with E-state index < -0.39 is 5.41 Å². The molecule has 2 aliphatic rings. The Bertz CT molecular complexity index is 873. The van der Waals surface area contributed by atoms with E-state index in [-0.39, 0.29) is 12.0 Å². The molecule has 0 atom stereocenters. The summed E-state index contributed by atoms with van der Waals surface area (Å²) in [4.78, 5) is 17.8. The third kappa shape index (κ3) is 3.44. The number of aromatic nitrogens is 1. The van der Waals surface area contributed by atoms with Crippen molar-refractivity contribution >= 4 is 11.6 Å². The molecule has 2 fully saturated rings. The molecule has 1 aromatic carbocycles. The van der Waals surface area contributed by atoms with Crippen molar-refractivity contribution in [3.8, 4) is 11.8 Å². The van der Waals surface area contributed by atoms with E-state index in [9.17, 15) is 4.79 Å². The number of rotatable bonds is 7. The highest BCUT2D eigenvalue weighted by Crippen LogP contribution is 2.39. The van der Waals surface area contributed by atoms with Crippen LogP contribution in [0.3, 0.4) is 0 Å². The number of carbonyl (C=O) groups is 1. The summed E-state index contributed by atoms with van der Waals surface area (Å²) in [7, 11) is 1.56. The van der Waals surface area contributed by atoms with Gasteiger partial charge in [0, 0.05) is 6.07 Å². The van der Waals surface area contributed by atoms with Crippen molar-refractivity contribution < 1.29 is 19.0 Å². The van der Waals surface area contributed by atoms with Gasteiger partial charge in [0.05, 0.1) is 20.3 Å². The highest BCUT2D eigenvalue weighted by Gasteiger charge is 2.49. The molecule has 6 nitrogen and oxygen atoms in total. The number of hydrogen-bond donors (Lipinski definition) is 1. The SMILES string of the molecule is COc1ccc(NC(=O)C2(c3ccccc3C(C)C)COC2)c(OC2CC2)n1. The van der Waals surface area contributed by atoms with E-state index in [1.165, 1.54) is 5.56 Å². The van der Waals surface area contributed by atoms with Crippen molar-refractivity contribution in [2.45, 2.75) is 44.1 Å². The first-order valence-corrected chi connectivity index (χ1v) is 9.74. The molecule has 4 rings (SSSR count). The topological polar surface area (TPSA) is 69.7 Å². The summed E-state index contributed by atoms with van der Waals surface area (Å²) in [6, 6.07) is 11.6. The van der Waals surface area contributed by atoms with Crippen LogP contribution in [-0.4, -0.2) is 37.3 Å². The number of anilines is 1. The molecule has 0 radical (unpaired) electrons. The largest absolute Gasteiger partial charge is 0.481 e. The number of hydrogen-bond acceptors (Lipinski definition) is 5. The van der Waals surface area contributed by atoms with Gasteiger partial charge in [-0.3, -0.25) is 4.79 Å². The van der Waals surface area contributed by atoms with Gasteiger partial charge in [0.25, 0.3) is 0 Å². The van der Waals surface area contributed by atoms with Gasteiger partial charge in [-0.1, -0.05) is 38.1 Å². The van der Waals surface area contributed by atoms with E-state index in [4.69, 9.17) is 14.2 Å². The van der Waals surface area contributed by atoms with Crippen molar-refractivity contribution in [3.05, 3.63) is 47.5 Å². The fourth-order valence-electron chi connectivity index (χ4n) is 3.46. The minimum atomic E-state index is -0.697. The van der Waals surface area contributed by atoms with Gasteiger partial charge < -0.3 is 19.5 Å². The van der Waals surface area contributed by atoms with Crippen molar-refractivity contribution in [2.24, 2.45) is 0 Å². The van der Waals surface area contributed by atoms with E-state index in [2.05, 4.69) is 30.2 Å². The van der Waals surface area contributed by atoms with Gasteiger partial charge in [-0.2, -0.15) is 4.98 Å². The van der Waals surface area contributed by atoms with E-state index in [1.54, 1.807) is 19.2 Å². The summed E-state index contributed by atoms with van der Waals surface area (Å²) in [6.07, 6.45) is 2.18. The van der Waals surface area contributed by atoms with Crippen LogP contribution in [0, 0.1) is 0 Å². The fraction of sp³-hybridized carbons (Fsp3) is 0.455. The molecule has 2 heterocycles. The smallest absolute Gasteiger partial charge is 0.241 e. The van der Waals surface area contributed by atoms with Gasteiger partial charge in [-0.25, -0.2) is 0 Å². The molecule has 28 heavy (non-hydrogen) atoms. The summed E-state index contributed by atoms with van der Waals surface area (Å²) >= 11 is 0. The second-order valence-electron chi connectivity index (χ2n) is 7.79. The number of amides is 1. The van der Waals surface area contributed by atoms with Crippen LogP contribution in [0.5, 0.6) is 11.8 Å². The number of pyridine rings is 1. The lowest BCUT2D eigenvalue weighted by Gasteiger charge is -2.41. The average molecular weight is 382 g/mol. The van der Waals surface area contributed by atoms with Crippen molar-refractivity contribution in [1.29, 1.82) is 0 Å². The Morgan fingerprint density at radius 3 is 2.57 bits per heavy atom. The van der Waals surface area contributed by atoms with E-state index in [0.717, 1.165) is 18.4 Å². The summed E-state index contributed by atoms with van der Waals surface area (Å²) in [6.45, 7) is 5.01. The van der Waals surface area contributed by atoms with E-state index in [0.29, 0.717) is 36.6 Å². The van der Waals surface area contributed by atoms with Crippen LogP contribution in [0.4, 0.5) is 5.69 Å². The minimum Gasteiger partial charge on any atom is -0.481 e. The fourth-order valence-corrected chi connectivity index (χ4v) is 3.46. The molecule has 1 saturated heterocycles. The van der Waals surface area contributed by atoms with Crippen LogP contribution in [0.1, 0.15) is 43.7 Å². The van der Waals surface area contributed by atoms with Crippen LogP contribution in [0.25, 0.3) is 0 Å². The summed E-state index contributed by atoms with van der Waals surface area (Å²) in [5, 5.41) is 3.04. The Morgan fingerprint density at radius 1 is 1.21 bits per heavy atom. The summed E-state index contributed by atoms with van der Waals surface area (Å²) < 4.78 is 16.6. The first-order chi connectivity index (χ1) is 13.5. The molecule has 0 bridgehead atoms. The Balaban J connectivity index is 1.64. The summed E-state index contributed by atoms with van der Waals surface area (Å²) in [5.74, 6) is 1.08. The molecule has 1 aliphatic heterocycles. The quantitative estimate of drug-likeness (QED) is 0.791. The minimum absolute atomic E-state index is 0.0977. The Hall–Kier alpha value is -2.60. The highest BCUT2D eigenvalue weighted by molar-refractivity contribution is 6.01. The zero-order valence-electron chi connectivity index (χ0n) is 16.5. The van der Waals surface area contributed by atoms with Crippen molar-refractivity contribution in [2.75, 3.05) is 25.6 Å². The Kier molecular flexibility index (Phi) is 4.98. The van der Waals surface area contributed by atoms with E-state index in [1.807, 2.05) is 18.2 Å². The third-order valence-electron chi connectivity index (χ3n) is 5.32. The standard InChI is InChI=1S/C22H26N2O4/c1-14(2)16-6-4-5-7-17(16)22(12-27-13-22)21(25)23-18-10-11-19(26-3)24-20(18)28-15-8-9-15/h4-7,10-11,14-15H,8-9,12-13H2,1-3H3,(H,23,25). The van der Waals surface area contributed by atoms with Crippen LogP contribution in [0.15, 0.2) is 36.4 Å². The van der Waals surface area contributed by atoms with Crippen LogP contribution in [0.2, 0.25) is 0 Å². The third-order valence-corrected chi connectivity index (χ3v) is 5.32. The molecular weight excluding hydrogens is 356 g/mol. The first-order valence-electron chi connectivity index (χ1n) is 9.74. The second-order valence-corrected chi connectivity index (χ2v) is 7.79. The van der Waals surface area contributed by atoms with Gasteiger partial charge in [0.15, 0.2) is 0 Å². The normalized spacial score (nSPS) is 17.7. The van der Waals surface area contributed by atoms with Crippen molar-refractivity contribution in [1.82, 2.24) is 4.98 Å². The molecule has 2 aromatic rings. The molecule has 1 N–H and O–H groups in total. The molecule has 1 saturated carbocycles. The predicted octanol–water partition coefficient (Wildman–Crippen LogP) is 3.66. The zero-order chi connectivity index (χ0) is 19.7. The lowest BCUT2D eigenvalue weighted by atomic mass is 9.73. The van der Waals surface area contributed by atoms with Crippen LogP contribution in [-0.2, 0) is 14.9 Å². The van der Waals surface area contributed by atoms with Gasteiger partial charge in [0.1, 0.15) is 17.2 Å². The second kappa shape index (κ2) is 7.43. The Morgan fingerprint density at radius 2 is 1.96 bits per heavy atom. The predicted molar refractivity (Wildman–Crippen MR) is 106 cm³/mol. The number of carbonyl (C=O) groups excluding carboxylic acids is 1. The number of ether oxygens (including phenoxy) is 3. The monoisotopic (exact) mass is 382 g/mol. The van der Waals surface area contributed by atoms with Gasteiger partial charge >= 0.3 is 0 Å². The maximum atomic E-state index is 13.4. The number of nitrogens with one attached hydrogen (secondary N) is 1. The molecule has 1 aliphatic carbocycles. The van der Waals surface area contributed by atoms with Crippen LogP contribution >= 0.6 is 0 Å². The highest BCUT2D eigenvalue weighted by atomic mass is 16.5. The molecule has 6 heteroatoms. The lowest BCUT2D eigenvalue weighted by Crippen LogP contribution is -2.56.